The molecule has 0 atom stereocenters. The molecule has 0 aliphatic carbocycles. The van der Waals surface area contributed by atoms with Crippen LogP contribution in [-0.2, 0) is 4.74 Å². The van der Waals surface area contributed by atoms with Gasteiger partial charge in [-0.15, -0.1) is 0 Å². The third kappa shape index (κ3) is 4.65. The quantitative estimate of drug-likeness (QED) is 0.804. The largest absolute Gasteiger partial charge is 0.379 e. The Morgan fingerprint density at radius 3 is 2.50 bits per heavy atom. The lowest BCUT2D eigenvalue weighted by Crippen LogP contribution is -2.41. The highest BCUT2D eigenvalue weighted by atomic mass is 16.5. The number of benzene rings is 1. The molecule has 136 valence electrons. The number of amides is 2. The van der Waals surface area contributed by atoms with E-state index >= 15 is 0 Å². The Hall–Kier alpha value is -2.77. The van der Waals surface area contributed by atoms with Crippen molar-refractivity contribution in [1.29, 1.82) is 0 Å². The molecule has 0 radical (unpaired) electrons. The second-order valence-electron chi connectivity index (χ2n) is 6.11. The molecule has 7 heteroatoms. The molecule has 1 saturated heterocycles. The minimum Gasteiger partial charge on any atom is -0.379 e. The summed E-state index contributed by atoms with van der Waals surface area (Å²) in [7, 11) is 0. The van der Waals surface area contributed by atoms with Crippen molar-refractivity contribution in [2.24, 2.45) is 5.73 Å². The number of morpholine rings is 1. The van der Waals surface area contributed by atoms with Crippen molar-refractivity contribution in [2.75, 3.05) is 39.4 Å². The lowest BCUT2D eigenvalue weighted by Gasteiger charge is -2.26. The zero-order chi connectivity index (χ0) is 18.4. The van der Waals surface area contributed by atoms with E-state index in [0.717, 1.165) is 44.0 Å². The normalized spacial score (nSPS) is 14.8. The molecule has 2 aromatic rings. The summed E-state index contributed by atoms with van der Waals surface area (Å²) >= 11 is 0. The van der Waals surface area contributed by atoms with Gasteiger partial charge in [-0.1, -0.05) is 12.1 Å². The fourth-order valence-electron chi connectivity index (χ4n) is 2.80. The molecule has 0 unspecified atom stereocenters. The van der Waals surface area contributed by atoms with E-state index in [1.807, 2.05) is 0 Å². The van der Waals surface area contributed by atoms with E-state index in [1.165, 1.54) is 0 Å². The molecule has 2 amide bonds. The molecular weight excluding hydrogens is 332 g/mol. The second kappa shape index (κ2) is 8.55. The number of rotatable bonds is 6. The minimum absolute atomic E-state index is 0.152. The van der Waals surface area contributed by atoms with E-state index in [0.29, 0.717) is 17.7 Å². The maximum atomic E-state index is 12.4. The van der Waals surface area contributed by atoms with Gasteiger partial charge in [0.05, 0.1) is 18.8 Å². The van der Waals surface area contributed by atoms with Gasteiger partial charge >= 0.3 is 0 Å². The molecule has 1 aliphatic heterocycles. The highest BCUT2D eigenvalue weighted by Crippen LogP contribution is 2.20. The number of nitrogens with one attached hydrogen (secondary N) is 1. The van der Waals surface area contributed by atoms with Crippen molar-refractivity contribution >= 4 is 11.8 Å². The molecule has 26 heavy (non-hydrogen) atoms. The van der Waals surface area contributed by atoms with Crippen molar-refractivity contribution in [3.05, 3.63) is 53.9 Å². The van der Waals surface area contributed by atoms with Gasteiger partial charge in [-0.05, 0) is 23.8 Å². The highest BCUT2D eigenvalue weighted by molar-refractivity contribution is 5.95. The Morgan fingerprint density at radius 2 is 1.81 bits per heavy atom. The molecule has 1 aromatic heterocycles. The van der Waals surface area contributed by atoms with Crippen LogP contribution < -0.4 is 11.1 Å². The predicted octanol–water partition coefficient (Wildman–Crippen LogP) is 0.910. The number of primary amides is 1. The van der Waals surface area contributed by atoms with Gasteiger partial charge in [0.25, 0.3) is 5.91 Å². The second-order valence-corrected chi connectivity index (χ2v) is 6.11. The molecule has 3 N–H and O–H groups in total. The first-order valence-electron chi connectivity index (χ1n) is 8.57. The van der Waals surface area contributed by atoms with Crippen LogP contribution in [0.2, 0.25) is 0 Å². The van der Waals surface area contributed by atoms with Crippen LogP contribution in [0.1, 0.15) is 20.7 Å². The number of carbonyl (C=O) groups excluding carboxylic acids is 2. The van der Waals surface area contributed by atoms with E-state index in [1.54, 1.807) is 42.7 Å². The molecule has 0 saturated carbocycles. The lowest BCUT2D eigenvalue weighted by atomic mass is 10.0. The topological polar surface area (TPSA) is 97.6 Å². The molecule has 1 fully saturated rings. The number of hydrogen-bond acceptors (Lipinski definition) is 5. The zero-order valence-corrected chi connectivity index (χ0v) is 14.5. The van der Waals surface area contributed by atoms with Gasteiger partial charge < -0.3 is 15.8 Å². The molecule has 1 aromatic carbocycles. The van der Waals surface area contributed by atoms with E-state index in [-0.39, 0.29) is 5.91 Å². The third-order valence-electron chi connectivity index (χ3n) is 4.32. The van der Waals surface area contributed by atoms with Gasteiger partial charge in [0.2, 0.25) is 5.91 Å². The van der Waals surface area contributed by atoms with Crippen LogP contribution in [0.15, 0.2) is 42.7 Å². The lowest BCUT2D eigenvalue weighted by molar-refractivity contribution is 0.0383. The molecule has 7 nitrogen and oxygen atoms in total. The van der Waals surface area contributed by atoms with Crippen LogP contribution >= 0.6 is 0 Å². The standard InChI is InChI=1S/C19H22N4O3/c20-18(24)15-3-1-14(2-4-15)16-11-17(13-21-12-16)19(25)22-5-6-23-7-9-26-10-8-23/h1-4,11-13H,5-10H2,(H2,20,24)(H,22,25). The zero-order valence-electron chi connectivity index (χ0n) is 14.5. The van der Waals surface area contributed by atoms with E-state index in [9.17, 15) is 9.59 Å². The summed E-state index contributed by atoms with van der Waals surface area (Å²) in [6, 6.07) is 8.68. The van der Waals surface area contributed by atoms with Crippen LogP contribution in [0.25, 0.3) is 11.1 Å². The van der Waals surface area contributed by atoms with Crippen molar-refractivity contribution in [3.63, 3.8) is 0 Å². The van der Waals surface area contributed by atoms with Crippen LogP contribution in [0.4, 0.5) is 0 Å². The summed E-state index contributed by atoms with van der Waals surface area (Å²) in [6.45, 7) is 4.67. The highest BCUT2D eigenvalue weighted by Gasteiger charge is 2.12. The Balaban J connectivity index is 1.60. The van der Waals surface area contributed by atoms with Gasteiger partial charge in [-0.2, -0.15) is 0 Å². The summed E-state index contributed by atoms with van der Waals surface area (Å²) in [6.07, 6.45) is 3.23. The van der Waals surface area contributed by atoms with Crippen molar-refractivity contribution in [3.8, 4) is 11.1 Å². The minimum atomic E-state index is -0.469. The molecule has 2 heterocycles. The van der Waals surface area contributed by atoms with Gasteiger partial charge in [0.1, 0.15) is 0 Å². The van der Waals surface area contributed by atoms with Gasteiger partial charge in [0, 0.05) is 49.7 Å². The van der Waals surface area contributed by atoms with Crippen LogP contribution in [-0.4, -0.2) is 61.1 Å². The van der Waals surface area contributed by atoms with Gasteiger partial charge in [0.15, 0.2) is 0 Å². The number of nitrogens with two attached hydrogens (primary N) is 1. The average Bonchev–Trinajstić information content (AvgIpc) is 2.69. The number of aromatic nitrogens is 1. The Bertz CT molecular complexity index is 771. The van der Waals surface area contributed by atoms with Crippen molar-refractivity contribution < 1.29 is 14.3 Å². The summed E-state index contributed by atoms with van der Waals surface area (Å²) in [5.41, 5.74) is 7.87. The smallest absolute Gasteiger partial charge is 0.252 e. The maximum absolute atomic E-state index is 12.4. The SMILES string of the molecule is NC(=O)c1ccc(-c2cncc(C(=O)NCCN3CCOCC3)c2)cc1. The summed E-state index contributed by atoms with van der Waals surface area (Å²) in [5, 5.41) is 2.93. The molecule has 1 aliphatic rings. The number of nitrogens with zero attached hydrogens (tertiary/aromatic N) is 2. The Kier molecular flexibility index (Phi) is 5.93. The molecule has 3 rings (SSSR count). The van der Waals surface area contributed by atoms with E-state index in [4.69, 9.17) is 10.5 Å². The summed E-state index contributed by atoms with van der Waals surface area (Å²) in [5.74, 6) is -0.621. The first kappa shape index (κ1) is 18.0. The first-order valence-corrected chi connectivity index (χ1v) is 8.57. The van der Waals surface area contributed by atoms with Crippen LogP contribution in [0.5, 0.6) is 0 Å². The number of hydrogen-bond donors (Lipinski definition) is 2. The summed E-state index contributed by atoms with van der Waals surface area (Å²) in [4.78, 5) is 29.9. The monoisotopic (exact) mass is 354 g/mol. The van der Waals surface area contributed by atoms with Crippen LogP contribution in [0, 0.1) is 0 Å². The average molecular weight is 354 g/mol. The van der Waals surface area contributed by atoms with E-state index < -0.39 is 5.91 Å². The summed E-state index contributed by atoms with van der Waals surface area (Å²) < 4.78 is 5.31. The first-order chi connectivity index (χ1) is 12.6. The number of ether oxygens (including phenoxy) is 1. The van der Waals surface area contributed by atoms with Crippen LogP contribution in [0.3, 0.4) is 0 Å². The third-order valence-corrected chi connectivity index (χ3v) is 4.32. The number of pyridine rings is 1. The molecule has 0 bridgehead atoms. The fourth-order valence-corrected chi connectivity index (χ4v) is 2.80. The molecule has 0 spiro atoms. The van der Waals surface area contributed by atoms with Gasteiger partial charge in [-0.3, -0.25) is 19.5 Å². The molecular formula is C19H22N4O3. The van der Waals surface area contributed by atoms with E-state index in [2.05, 4.69) is 15.2 Å². The number of carbonyl (C=O) groups is 2. The predicted molar refractivity (Wildman–Crippen MR) is 97.8 cm³/mol. The Labute approximate surface area is 152 Å². The Morgan fingerprint density at radius 1 is 1.08 bits per heavy atom. The fraction of sp³-hybridized carbons (Fsp3) is 0.316. The van der Waals surface area contributed by atoms with Gasteiger partial charge in [-0.25, -0.2) is 0 Å². The maximum Gasteiger partial charge on any atom is 0.252 e. The van der Waals surface area contributed by atoms with Crippen molar-refractivity contribution in [2.45, 2.75) is 0 Å². The van der Waals surface area contributed by atoms with Crippen molar-refractivity contribution in [1.82, 2.24) is 15.2 Å².